The largest absolute Gasteiger partial charge is 0.379 e. The average molecular weight is 382 g/mol. The van der Waals surface area contributed by atoms with Crippen molar-refractivity contribution in [1.29, 1.82) is 0 Å². The summed E-state index contributed by atoms with van der Waals surface area (Å²) in [6.45, 7) is 11.0. The minimum Gasteiger partial charge on any atom is -0.379 e. The molecule has 6 heteroatoms. The lowest BCUT2D eigenvalue weighted by molar-refractivity contribution is 0.0420. The van der Waals surface area contributed by atoms with Crippen LogP contribution in [-0.2, 0) is 14.9 Å². The lowest BCUT2D eigenvalue weighted by atomic mass is 9.85. The molecule has 0 aliphatic carbocycles. The van der Waals surface area contributed by atoms with E-state index in [1.807, 2.05) is 18.2 Å². The predicted molar refractivity (Wildman–Crippen MR) is 108 cm³/mol. The molecule has 1 atom stereocenters. The maximum Gasteiger partial charge on any atom is 0.191 e. The molecule has 5 nitrogen and oxygen atoms in total. The molecular formula is C20H32ClN3O2. The molecular weight excluding hydrogens is 350 g/mol. The van der Waals surface area contributed by atoms with Crippen molar-refractivity contribution in [2.75, 3.05) is 39.5 Å². The van der Waals surface area contributed by atoms with Crippen LogP contribution >= 0.6 is 11.6 Å². The highest BCUT2D eigenvalue weighted by Gasteiger charge is 2.23. The number of nitrogens with zero attached hydrogens (tertiary/aromatic N) is 1. The normalized spacial score (nSPS) is 18.2. The van der Waals surface area contributed by atoms with Crippen molar-refractivity contribution in [1.82, 2.24) is 10.6 Å². The standard InChI is InChI=1S/C20H32ClN3O2/c1-4-22-19(23-11-7-12-26-16-10-13-25-14-16)24-15-20(2,3)17-8-5-6-9-18(17)21/h5-6,8-9,16H,4,7,10-15H2,1-3H3,(H2,22,23,24). The first kappa shape index (κ1) is 21.0. The Balaban J connectivity index is 1.80. The highest BCUT2D eigenvalue weighted by atomic mass is 35.5. The zero-order valence-corrected chi connectivity index (χ0v) is 16.9. The van der Waals surface area contributed by atoms with E-state index in [0.29, 0.717) is 6.54 Å². The average Bonchev–Trinajstić information content (AvgIpc) is 3.13. The number of guanidine groups is 1. The quantitative estimate of drug-likeness (QED) is 0.391. The van der Waals surface area contributed by atoms with Gasteiger partial charge in [0.1, 0.15) is 0 Å². The third-order valence-electron chi connectivity index (χ3n) is 4.43. The summed E-state index contributed by atoms with van der Waals surface area (Å²) in [4.78, 5) is 4.75. The highest BCUT2D eigenvalue weighted by Crippen LogP contribution is 2.29. The Morgan fingerprint density at radius 3 is 2.85 bits per heavy atom. The van der Waals surface area contributed by atoms with Crippen LogP contribution in [-0.4, -0.2) is 51.5 Å². The van der Waals surface area contributed by atoms with Crippen molar-refractivity contribution >= 4 is 17.6 Å². The summed E-state index contributed by atoms with van der Waals surface area (Å²) in [5, 5.41) is 7.47. The van der Waals surface area contributed by atoms with Crippen molar-refractivity contribution in [3.63, 3.8) is 0 Å². The molecule has 146 valence electrons. The Morgan fingerprint density at radius 1 is 1.35 bits per heavy atom. The lowest BCUT2D eigenvalue weighted by Gasteiger charge is -2.25. The Bertz CT molecular complexity index is 572. The maximum atomic E-state index is 6.35. The van der Waals surface area contributed by atoms with E-state index in [4.69, 9.17) is 26.1 Å². The molecule has 1 saturated heterocycles. The summed E-state index contributed by atoms with van der Waals surface area (Å²) in [5.74, 6) is 0.830. The molecule has 1 aliphatic heterocycles. The van der Waals surface area contributed by atoms with Crippen LogP contribution in [0.1, 0.15) is 39.2 Å². The zero-order chi connectivity index (χ0) is 18.8. The minimum atomic E-state index is -0.133. The molecule has 26 heavy (non-hydrogen) atoms. The molecule has 1 aromatic carbocycles. The van der Waals surface area contributed by atoms with Crippen molar-refractivity contribution in [2.24, 2.45) is 4.99 Å². The van der Waals surface area contributed by atoms with E-state index in [-0.39, 0.29) is 11.5 Å². The molecule has 1 heterocycles. The molecule has 0 saturated carbocycles. The van der Waals surface area contributed by atoms with Crippen LogP contribution in [0.5, 0.6) is 0 Å². The summed E-state index contributed by atoms with van der Waals surface area (Å²) in [6.07, 6.45) is 2.22. The van der Waals surface area contributed by atoms with E-state index in [0.717, 1.165) is 62.3 Å². The molecule has 0 spiro atoms. The Kier molecular flexibility index (Phi) is 8.69. The van der Waals surface area contributed by atoms with E-state index < -0.39 is 0 Å². The van der Waals surface area contributed by atoms with Gasteiger partial charge in [-0.15, -0.1) is 0 Å². The molecule has 0 radical (unpaired) electrons. The molecule has 1 fully saturated rings. The fourth-order valence-electron chi connectivity index (χ4n) is 2.89. The summed E-state index contributed by atoms with van der Waals surface area (Å²) < 4.78 is 11.1. The second-order valence-corrected chi connectivity index (χ2v) is 7.60. The van der Waals surface area contributed by atoms with Crippen molar-refractivity contribution in [2.45, 2.75) is 45.1 Å². The van der Waals surface area contributed by atoms with E-state index in [2.05, 4.69) is 37.5 Å². The summed E-state index contributed by atoms with van der Waals surface area (Å²) in [7, 11) is 0. The molecule has 1 aromatic rings. The van der Waals surface area contributed by atoms with Crippen LogP contribution in [0, 0.1) is 0 Å². The number of hydrogen-bond acceptors (Lipinski definition) is 3. The second kappa shape index (κ2) is 10.8. The van der Waals surface area contributed by atoms with Crippen molar-refractivity contribution in [3.8, 4) is 0 Å². The Hall–Kier alpha value is -1.30. The molecule has 2 rings (SSSR count). The van der Waals surface area contributed by atoms with E-state index in [9.17, 15) is 0 Å². The smallest absolute Gasteiger partial charge is 0.191 e. The number of hydrogen-bond donors (Lipinski definition) is 2. The van der Waals surface area contributed by atoms with Gasteiger partial charge in [0, 0.05) is 36.7 Å². The van der Waals surface area contributed by atoms with Crippen molar-refractivity contribution < 1.29 is 9.47 Å². The lowest BCUT2D eigenvalue weighted by Crippen LogP contribution is -2.39. The van der Waals surface area contributed by atoms with Crippen LogP contribution in [0.4, 0.5) is 0 Å². The molecule has 0 aromatic heterocycles. The Labute approximate surface area is 162 Å². The number of aliphatic imine (C=N–C) groups is 1. The van der Waals surface area contributed by atoms with Gasteiger partial charge in [-0.1, -0.05) is 43.6 Å². The molecule has 0 amide bonds. The third-order valence-corrected chi connectivity index (χ3v) is 4.76. The van der Waals surface area contributed by atoms with Gasteiger partial charge >= 0.3 is 0 Å². The molecule has 1 unspecified atom stereocenters. The topological polar surface area (TPSA) is 54.9 Å². The number of ether oxygens (including phenoxy) is 2. The van der Waals surface area contributed by atoms with Crippen LogP contribution in [0.2, 0.25) is 5.02 Å². The first-order valence-electron chi connectivity index (χ1n) is 9.49. The number of nitrogens with one attached hydrogen (secondary N) is 2. The SMILES string of the molecule is CCNC(=NCC(C)(C)c1ccccc1Cl)NCCCOC1CCOC1. The van der Waals surface area contributed by atoms with Gasteiger partial charge in [-0.2, -0.15) is 0 Å². The van der Waals surface area contributed by atoms with E-state index >= 15 is 0 Å². The Morgan fingerprint density at radius 2 is 2.15 bits per heavy atom. The van der Waals surface area contributed by atoms with Crippen LogP contribution in [0.15, 0.2) is 29.3 Å². The van der Waals surface area contributed by atoms with Gasteiger partial charge < -0.3 is 20.1 Å². The third kappa shape index (κ3) is 6.78. The number of benzene rings is 1. The van der Waals surface area contributed by atoms with Gasteiger partial charge in [0.15, 0.2) is 5.96 Å². The molecule has 0 bridgehead atoms. The van der Waals surface area contributed by atoms with Gasteiger partial charge in [-0.05, 0) is 31.4 Å². The van der Waals surface area contributed by atoms with Crippen LogP contribution in [0.3, 0.4) is 0 Å². The first-order chi connectivity index (χ1) is 12.5. The van der Waals surface area contributed by atoms with E-state index in [1.54, 1.807) is 0 Å². The van der Waals surface area contributed by atoms with Crippen LogP contribution < -0.4 is 10.6 Å². The minimum absolute atomic E-state index is 0.133. The van der Waals surface area contributed by atoms with Gasteiger partial charge in [0.25, 0.3) is 0 Å². The molecule has 1 aliphatic rings. The van der Waals surface area contributed by atoms with Gasteiger partial charge in [-0.3, -0.25) is 4.99 Å². The summed E-state index contributed by atoms with van der Waals surface area (Å²) in [5.41, 5.74) is 0.986. The first-order valence-corrected chi connectivity index (χ1v) is 9.87. The van der Waals surface area contributed by atoms with Gasteiger partial charge in [0.2, 0.25) is 0 Å². The number of halogens is 1. The maximum absolute atomic E-state index is 6.35. The number of rotatable bonds is 9. The molecule has 2 N–H and O–H groups in total. The zero-order valence-electron chi connectivity index (χ0n) is 16.2. The van der Waals surface area contributed by atoms with Gasteiger partial charge in [-0.25, -0.2) is 0 Å². The van der Waals surface area contributed by atoms with Gasteiger partial charge in [0.05, 0.1) is 19.3 Å². The van der Waals surface area contributed by atoms with Crippen LogP contribution in [0.25, 0.3) is 0 Å². The summed E-state index contributed by atoms with van der Waals surface area (Å²) in [6, 6.07) is 7.98. The van der Waals surface area contributed by atoms with E-state index in [1.165, 1.54) is 0 Å². The van der Waals surface area contributed by atoms with Crippen molar-refractivity contribution in [3.05, 3.63) is 34.9 Å². The fourth-order valence-corrected chi connectivity index (χ4v) is 3.28. The predicted octanol–water partition coefficient (Wildman–Crippen LogP) is 3.37. The summed E-state index contributed by atoms with van der Waals surface area (Å²) >= 11 is 6.35. The highest BCUT2D eigenvalue weighted by molar-refractivity contribution is 6.31. The fraction of sp³-hybridized carbons (Fsp3) is 0.650. The monoisotopic (exact) mass is 381 g/mol. The second-order valence-electron chi connectivity index (χ2n) is 7.20.